The number of ether oxygens (including phenoxy) is 2. The summed E-state index contributed by atoms with van der Waals surface area (Å²) in [4.78, 5) is 20.9. The largest absolute Gasteiger partial charge is 0.486 e. The van der Waals surface area contributed by atoms with E-state index in [9.17, 15) is 18.0 Å². The Bertz CT molecular complexity index is 905. The third-order valence-corrected chi connectivity index (χ3v) is 5.85. The van der Waals surface area contributed by atoms with Gasteiger partial charge in [0.15, 0.2) is 11.5 Å². The van der Waals surface area contributed by atoms with Crippen LogP contribution in [-0.4, -0.2) is 40.7 Å². The molecule has 32 heavy (non-hydrogen) atoms. The normalized spacial score (nSPS) is 25.0. The van der Waals surface area contributed by atoms with Crippen LogP contribution in [0.4, 0.5) is 19.1 Å². The number of carbonyl (C=O) groups excluding carboxylic acids is 1. The minimum absolute atomic E-state index is 0.0315. The molecule has 10 heteroatoms. The van der Waals surface area contributed by atoms with Crippen LogP contribution in [-0.2, 0) is 4.79 Å². The van der Waals surface area contributed by atoms with Gasteiger partial charge in [-0.2, -0.15) is 8.78 Å². The van der Waals surface area contributed by atoms with Gasteiger partial charge in [-0.3, -0.25) is 4.79 Å². The molecule has 0 unspecified atom stereocenters. The fraction of sp³-hybridized carbons (Fsp3) is 0.500. The fourth-order valence-electron chi connectivity index (χ4n) is 4.08. The molecule has 0 spiro atoms. The summed E-state index contributed by atoms with van der Waals surface area (Å²) in [6.07, 6.45) is 7.46. The van der Waals surface area contributed by atoms with E-state index in [0.717, 1.165) is 43.9 Å². The number of aromatic nitrogens is 2. The lowest BCUT2D eigenvalue weighted by Crippen LogP contribution is -2.48. The van der Waals surface area contributed by atoms with E-state index in [4.69, 9.17) is 4.74 Å². The Balaban J connectivity index is 1.19. The predicted molar refractivity (Wildman–Crippen MR) is 110 cm³/mol. The van der Waals surface area contributed by atoms with E-state index in [1.807, 2.05) is 0 Å². The molecule has 0 aliphatic heterocycles. The van der Waals surface area contributed by atoms with Gasteiger partial charge in [-0.15, -0.1) is 0 Å². The Labute approximate surface area is 183 Å². The summed E-state index contributed by atoms with van der Waals surface area (Å²) in [6.45, 7) is -3.03. The van der Waals surface area contributed by atoms with E-state index < -0.39 is 12.4 Å². The van der Waals surface area contributed by atoms with Crippen molar-refractivity contribution in [3.8, 4) is 11.5 Å². The average Bonchev–Trinajstić information content (AvgIpc) is 2.74. The van der Waals surface area contributed by atoms with Gasteiger partial charge in [0.05, 0.1) is 0 Å². The van der Waals surface area contributed by atoms with Crippen LogP contribution in [0.2, 0.25) is 0 Å². The van der Waals surface area contributed by atoms with Crippen LogP contribution in [0.3, 0.4) is 0 Å². The molecule has 1 aromatic carbocycles. The van der Waals surface area contributed by atoms with Crippen molar-refractivity contribution in [2.45, 2.75) is 63.3 Å². The lowest BCUT2D eigenvalue weighted by molar-refractivity contribution is -0.131. The topological polar surface area (TPSA) is 85.4 Å². The molecule has 0 bridgehead atoms. The molecule has 1 amide bonds. The maximum atomic E-state index is 13.5. The van der Waals surface area contributed by atoms with Crippen molar-refractivity contribution in [1.29, 1.82) is 0 Å². The molecule has 0 radical (unpaired) electrons. The molecule has 7 nitrogen and oxygen atoms in total. The van der Waals surface area contributed by atoms with Crippen molar-refractivity contribution in [1.82, 2.24) is 15.3 Å². The van der Waals surface area contributed by atoms with Crippen molar-refractivity contribution < 1.29 is 27.4 Å². The van der Waals surface area contributed by atoms with Crippen LogP contribution in [0, 0.1) is 11.7 Å². The highest BCUT2D eigenvalue weighted by molar-refractivity contribution is 5.80. The van der Waals surface area contributed by atoms with Gasteiger partial charge in [-0.1, -0.05) is 0 Å². The van der Waals surface area contributed by atoms with Gasteiger partial charge < -0.3 is 20.1 Å². The van der Waals surface area contributed by atoms with E-state index in [2.05, 4.69) is 25.3 Å². The van der Waals surface area contributed by atoms with E-state index in [0.29, 0.717) is 18.8 Å². The Morgan fingerprint density at radius 1 is 1.03 bits per heavy atom. The lowest BCUT2D eigenvalue weighted by atomic mass is 9.81. The first-order chi connectivity index (χ1) is 15.5. The number of alkyl halides is 2. The number of benzene rings is 1. The average molecular weight is 450 g/mol. The maximum Gasteiger partial charge on any atom is 0.387 e. The number of nitrogens with zero attached hydrogens (tertiary/aromatic N) is 2. The lowest BCUT2D eigenvalue weighted by Gasteiger charge is -2.36. The maximum absolute atomic E-state index is 13.5. The fourth-order valence-corrected chi connectivity index (χ4v) is 4.08. The van der Waals surface area contributed by atoms with Gasteiger partial charge in [0, 0.05) is 36.5 Å². The summed E-state index contributed by atoms with van der Waals surface area (Å²) in [5, 5.41) is 6.41. The first-order valence-electron chi connectivity index (χ1n) is 10.7. The summed E-state index contributed by atoms with van der Waals surface area (Å²) in [5.41, 5.74) is 0. The summed E-state index contributed by atoms with van der Waals surface area (Å²) >= 11 is 0. The number of carbonyl (C=O) groups is 1. The summed E-state index contributed by atoms with van der Waals surface area (Å²) < 4.78 is 48.5. The van der Waals surface area contributed by atoms with E-state index in [1.54, 1.807) is 18.5 Å². The molecule has 2 aliphatic carbocycles. The molecular weight excluding hydrogens is 425 g/mol. The summed E-state index contributed by atoms with van der Waals surface area (Å²) in [6, 6.07) is 5.31. The van der Waals surface area contributed by atoms with Gasteiger partial charge in [0.25, 0.3) is 0 Å². The van der Waals surface area contributed by atoms with Crippen LogP contribution in [0.25, 0.3) is 0 Å². The van der Waals surface area contributed by atoms with Gasteiger partial charge in [0.2, 0.25) is 11.9 Å². The number of hydrogen-bond donors (Lipinski definition) is 2. The Hall–Kier alpha value is -3.04. The monoisotopic (exact) mass is 450 g/mol. The van der Waals surface area contributed by atoms with Crippen LogP contribution in [0.5, 0.6) is 11.5 Å². The van der Waals surface area contributed by atoms with Crippen molar-refractivity contribution >= 4 is 11.9 Å². The van der Waals surface area contributed by atoms with Gasteiger partial charge in [0.1, 0.15) is 11.9 Å². The number of nitrogens with one attached hydrogen (secondary N) is 2. The number of anilines is 1. The summed E-state index contributed by atoms with van der Waals surface area (Å²) in [7, 11) is 0. The second-order valence-electron chi connectivity index (χ2n) is 8.15. The number of halogens is 3. The molecule has 1 aromatic heterocycles. The second kappa shape index (κ2) is 10.1. The van der Waals surface area contributed by atoms with E-state index in [-0.39, 0.29) is 41.5 Å². The minimum Gasteiger partial charge on any atom is -0.486 e. The van der Waals surface area contributed by atoms with Gasteiger partial charge in [-0.05, 0) is 56.7 Å². The standard InChI is InChI=1S/C22H25F3N4O3/c23-14-2-7-18(32-21(24)25)19(12-14)31-17-10-13(11-17)20(30)28-15-3-5-16(6-4-15)29-22-26-8-1-9-27-22/h1-2,7-9,12-13,15-17,21H,3-6,10-11H2,(H,28,30)(H,26,27,29). The molecule has 0 atom stereocenters. The Morgan fingerprint density at radius 3 is 2.41 bits per heavy atom. The molecule has 2 saturated carbocycles. The molecule has 172 valence electrons. The minimum atomic E-state index is -3.03. The van der Waals surface area contributed by atoms with E-state index in [1.165, 1.54) is 0 Å². The SMILES string of the molecule is O=C(NC1CCC(Nc2ncccn2)CC1)C1CC(Oc2cc(F)ccc2OC(F)F)C1. The third kappa shape index (κ3) is 5.80. The molecule has 2 fully saturated rings. The zero-order chi connectivity index (χ0) is 22.5. The molecule has 0 saturated heterocycles. The van der Waals surface area contributed by atoms with Crippen LogP contribution < -0.4 is 20.1 Å². The van der Waals surface area contributed by atoms with Crippen LogP contribution in [0.15, 0.2) is 36.7 Å². The highest BCUT2D eigenvalue weighted by Crippen LogP contribution is 2.37. The predicted octanol–water partition coefficient (Wildman–Crippen LogP) is 3.91. The number of amides is 1. The van der Waals surface area contributed by atoms with Crippen LogP contribution >= 0.6 is 0 Å². The zero-order valence-electron chi connectivity index (χ0n) is 17.3. The van der Waals surface area contributed by atoms with E-state index >= 15 is 0 Å². The third-order valence-electron chi connectivity index (χ3n) is 5.85. The smallest absolute Gasteiger partial charge is 0.387 e. The molecule has 1 heterocycles. The van der Waals surface area contributed by atoms with Crippen molar-refractivity contribution in [3.05, 3.63) is 42.5 Å². The van der Waals surface area contributed by atoms with Crippen LogP contribution in [0.1, 0.15) is 38.5 Å². The highest BCUT2D eigenvalue weighted by atomic mass is 19.3. The quantitative estimate of drug-likeness (QED) is 0.634. The molecular formula is C22H25F3N4O3. The Kier molecular flexibility index (Phi) is 6.96. The first kappa shape index (κ1) is 22.2. The van der Waals surface area contributed by atoms with Crippen molar-refractivity contribution in [2.24, 2.45) is 5.92 Å². The van der Waals surface area contributed by atoms with Crippen molar-refractivity contribution in [3.63, 3.8) is 0 Å². The van der Waals surface area contributed by atoms with Crippen molar-refractivity contribution in [2.75, 3.05) is 5.32 Å². The molecule has 2 aromatic rings. The van der Waals surface area contributed by atoms with Gasteiger partial charge in [-0.25, -0.2) is 14.4 Å². The summed E-state index contributed by atoms with van der Waals surface area (Å²) in [5.74, 6) is -0.541. The first-order valence-corrected chi connectivity index (χ1v) is 10.7. The van der Waals surface area contributed by atoms with Gasteiger partial charge >= 0.3 is 6.61 Å². The second-order valence-corrected chi connectivity index (χ2v) is 8.15. The molecule has 2 aliphatic rings. The molecule has 2 N–H and O–H groups in total. The number of rotatable bonds is 8. The molecule has 4 rings (SSSR count). The number of hydrogen-bond acceptors (Lipinski definition) is 6. The zero-order valence-corrected chi connectivity index (χ0v) is 17.3. The Morgan fingerprint density at radius 2 is 1.72 bits per heavy atom. The highest BCUT2D eigenvalue weighted by Gasteiger charge is 2.37.